The molecule has 0 aromatic heterocycles. The van der Waals surface area contributed by atoms with Crippen LogP contribution in [0.2, 0.25) is 0 Å². The molecule has 24 heavy (non-hydrogen) atoms. The molecule has 0 aliphatic rings. The lowest BCUT2D eigenvalue weighted by molar-refractivity contribution is -0.137. The van der Waals surface area contributed by atoms with Crippen LogP contribution in [0.4, 0.5) is 17.6 Å². The van der Waals surface area contributed by atoms with E-state index in [1.54, 1.807) is 0 Å². The van der Waals surface area contributed by atoms with Gasteiger partial charge in [0.1, 0.15) is 5.82 Å². The minimum Gasteiger partial charge on any atom is -0.348 e. The lowest BCUT2D eigenvalue weighted by Crippen LogP contribution is -2.37. The molecule has 1 atom stereocenters. The van der Waals surface area contributed by atoms with E-state index in [2.05, 4.69) is 5.32 Å². The zero-order valence-corrected chi connectivity index (χ0v) is 12.3. The number of ketones is 1. The molecular formula is C17H13F4NO2. The number of halogens is 4. The summed E-state index contributed by atoms with van der Waals surface area (Å²) in [5.74, 6) is -0.962. The number of benzene rings is 2. The third kappa shape index (κ3) is 4.41. The van der Waals surface area contributed by atoms with Crippen molar-refractivity contribution >= 4 is 12.2 Å². The van der Waals surface area contributed by atoms with Crippen LogP contribution in [-0.4, -0.2) is 18.2 Å². The van der Waals surface area contributed by atoms with Gasteiger partial charge in [-0.25, -0.2) is 4.39 Å². The fraction of sp³-hybridized carbons (Fsp3) is 0.176. The maximum Gasteiger partial charge on any atom is 0.416 e. The van der Waals surface area contributed by atoms with E-state index in [0.29, 0.717) is 12.0 Å². The van der Waals surface area contributed by atoms with Gasteiger partial charge in [0.2, 0.25) is 6.41 Å². The van der Waals surface area contributed by atoms with Gasteiger partial charge in [-0.05, 0) is 42.0 Å². The Bertz CT molecular complexity index is 709. The molecule has 2 rings (SSSR count). The van der Waals surface area contributed by atoms with Crippen molar-refractivity contribution in [1.29, 1.82) is 0 Å². The Morgan fingerprint density at radius 2 is 1.62 bits per heavy atom. The van der Waals surface area contributed by atoms with Crippen LogP contribution in [0, 0.1) is 5.82 Å². The highest BCUT2D eigenvalue weighted by atomic mass is 19.4. The second kappa shape index (κ2) is 7.25. The van der Waals surface area contributed by atoms with E-state index >= 15 is 0 Å². The van der Waals surface area contributed by atoms with E-state index in [0.717, 1.165) is 24.3 Å². The van der Waals surface area contributed by atoms with Crippen molar-refractivity contribution in [2.45, 2.75) is 18.6 Å². The largest absolute Gasteiger partial charge is 0.416 e. The van der Waals surface area contributed by atoms with E-state index in [-0.39, 0.29) is 12.0 Å². The second-order valence-corrected chi connectivity index (χ2v) is 5.11. The number of rotatable bonds is 6. The molecule has 0 radical (unpaired) electrons. The highest BCUT2D eigenvalue weighted by molar-refractivity contribution is 6.01. The van der Waals surface area contributed by atoms with E-state index in [1.165, 1.54) is 24.3 Å². The van der Waals surface area contributed by atoms with Gasteiger partial charge in [-0.1, -0.05) is 12.1 Å². The summed E-state index contributed by atoms with van der Waals surface area (Å²) >= 11 is 0. The molecule has 3 nitrogen and oxygen atoms in total. The van der Waals surface area contributed by atoms with Gasteiger partial charge in [0.05, 0.1) is 11.6 Å². The molecule has 0 fully saturated rings. The molecule has 7 heteroatoms. The fourth-order valence-corrected chi connectivity index (χ4v) is 2.19. The summed E-state index contributed by atoms with van der Waals surface area (Å²) in [6, 6.07) is 8.16. The van der Waals surface area contributed by atoms with Gasteiger partial charge in [-0.15, -0.1) is 0 Å². The Labute approximate surface area is 135 Å². The minimum atomic E-state index is -4.44. The Balaban J connectivity index is 2.17. The van der Waals surface area contributed by atoms with Crippen LogP contribution < -0.4 is 5.32 Å². The van der Waals surface area contributed by atoms with Crippen LogP contribution in [0.5, 0.6) is 0 Å². The fourth-order valence-electron chi connectivity index (χ4n) is 2.19. The lowest BCUT2D eigenvalue weighted by atomic mass is 9.97. The van der Waals surface area contributed by atoms with Gasteiger partial charge in [0.15, 0.2) is 5.78 Å². The number of hydrogen-bond acceptors (Lipinski definition) is 2. The molecule has 0 saturated heterocycles. The lowest BCUT2D eigenvalue weighted by Gasteiger charge is -2.16. The highest BCUT2D eigenvalue weighted by Crippen LogP contribution is 2.29. The Morgan fingerprint density at radius 3 is 2.12 bits per heavy atom. The van der Waals surface area contributed by atoms with Crippen LogP contribution in [0.1, 0.15) is 21.5 Å². The molecule has 0 heterocycles. The summed E-state index contributed by atoms with van der Waals surface area (Å²) < 4.78 is 50.5. The summed E-state index contributed by atoms with van der Waals surface area (Å²) in [6.07, 6.45) is -4.08. The Kier molecular flexibility index (Phi) is 5.33. The molecule has 0 aliphatic heterocycles. The van der Waals surface area contributed by atoms with Crippen LogP contribution in [-0.2, 0) is 17.4 Å². The monoisotopic (exact) mass is 339 g/mol. The maximum atomic E-state index is 12.9. The van der Waals surface area contributed by atoms with Crippen molar-refractivity contribution in [2.75, 3.05) is 0 Å². The smallest absolute Gasteiger partial charge is 0.348 e. The molecule has 1 unspecified atom stereocenters. The molecule has 1 N–H and O–H groups in total. The summed E-state index contributed by atoms with van der Waals surface area (Å²) in [7, 11) is 0. The van der Waals surface area contributed by atoms with Crippen molar-refractivity contribution in [3.63, 3.8) is 0 Å². The zero-order chi connectivity index (χ0) is 17.7. The van der Waals surface area contributed by atoms with Crippen molar-refractivity contribution in [1.82, 2.24) is 5.32 Å². The van der Waals surface area contributed by atoms with Crippen molar-refractivity contribution in [2.24, 2.45) is 0 Å². The number of carbonyl (C=O) groups excluding carboxylic acids is 2. The molecule has 0 saturated carbocycles. The number of alkyl halides is 3. The van der Waals surface area contributed by atoms with Crippen molar-refractivity contribution in [3.05, 3.63) is 71.0 Å². The molecule has 0 spiro atoms. The van der Waals surface area contributed by atoms with Crippen LogP contribution in [0.25, 0.3) is 0 Å². The Hall–Kier alpha value is -2.70. The van der Waals surface area contributed by atoms with E-state index in [9.17, 15) is 27.2 Å². The molecular weight excluding hydrogens is 326 g/mol. The van der Waals surface area contributed by atoms with Gasteiger partial charge in [0.25, 0.3) is 0 Å². The number of nitrogens with one attached hydrogen (secondary N) is 1. The van der Waals surface area contributed by atoms with Crippen LogP contribution in [0.3, 0.4) is 0 Å². The highest BCUT2D eigenvalue weighted by Gasteiger charge is 2.30. The van der Waals surface area contributed by atoms with E-state index < -0.39 is 29.4 Å². The predicted molar refractivity (Wildman–Crippen MR) is 78.9 cm³/mol. The second-order valence-electron chi connectivity index (χ2n) is 5.11. The normalized spacial score (nSPS) is 12.5. The molecule has 2 aromatic rings. The minimum absolute atomic E-state index is 0.0209. The maximum absolute atomic E-state index is 12.9. The van der Waals surface area contributed by atoms with Gasteiger partial charge in [0, 0.05) is 12.0 Å². The molecule has 0 aliphatic carbocycles. The van der Waals surface area contributed by atoms with Crippen molar-refractivity contribution in [3.8, 4) is 0 Å². The molecule has 0 bridgehead atoms. The van der Waals surface area contributed by atoms with Gasteiger partial charge < -0.3 is 5.32 Å². The van der Waals surface area contributed by atoms with E-state index in [4.69, 9.17) is 0 Å². The zero-order valence-electron chi connectivity index (χ0n) is 12.3. The predicted octanol–water partition coefficient (Wildman–Crippen LogP) is 3.38. The average molecular weight is 339 g/mol. The first-order chi connectivity index (χ1) is 11.3. The number of carbonyl (C=O) groups is 2. The van der Waals surface area contributed by atoms with Crippen LogP contribution in [0.15, 0.2) is 48.5 Å². The number of amides is 1. The quantitative estimate of drug-likeness (QED) is 0.498. The van der Waals surface area contributed by atoms with Gasteiger partial charge in [-0.3, -0.25) is 9.59 Å². The summed E-state index contributed by atoms with van der Waals surface area (Å²) in [5.41, 5.74) is -0.142. The standard InChI is InChI=1S/C17H13F4NO2/c18-14-7-3-12(4-8-14)16(24)15(22-10-23)9-11-1-5-13(6-2-11)17(19,20)21/h1-8,10,15H,9H2,(H,22,23). The number of hydrogen-bond donors (Lipinski definition) is 1. The Morgan fingerprint density at radius 1 is 1.04 bits per heavy atom. The molecule has 2 aromatic carbocycles. The first-order valence-electron chi connectivity index (χ1n) is 6.97. The molecule has 126 valence electrons. The van der Waals surface area contributed by atoms with Gasteiger partial charge >= 0.3 is 6.18 Å². The van der Waals surface area contributed by atoms with E-state index in [1.807, 2.05) is 0 Å². The summed E-state index contributed by atoms with van der Waals surface area (Å²) in [6.45, 7) is 0. The molecule has 1 amide bonds. The average Bonchev–Trinajstić information content (AvgIpc) is 2.54. The summed E-state index contributed by atoms with van der Waals surface area (Å²) in [4.78, 5) is 23.1. The third-order valence-electron chi connectivity index (χ3n) is 3.44. The first kappa shape index (κ1) is 17.7. The SMILES string of the molecule is O=CNC(Cc1ccc(C(F)(F)F)cc1)C(=O)c1ccc(F)cc1. The third-order valence-corrected chi connectivity index (χ3v) is 3.44. The summed E-state index contributed by atoms with van der Waals surface area (Å²) in [5, 5.41) is 2.34. The number of Topliss-reactive ketones (excluding diaryl/α,β-unsaturated/α-hetero) is 1. The van der Waals surface area contributed by atoms with Crippen LogP contribution >= 0.6 is 0 Å². The topological polar surface area (TPSA) is 46.2 Å². The first-order valence-corrected chi connectivity index (χ1v) is 6.97. The van der Waals surface area contributed by atoms with Gasteiger partial charge in [-0.2, -0.15) is 13.2 Å². The van der Waals surface area contributed by atoms with Crippen molar-refractivity contribution < 1.29 is 27.2 Å².